The van der Waals surface area contributed by atoms with E-state index in [-0.39, 0.29) is 0 Å². The normalized spacial score (nSPS) is 19.5. The Balaban J connectivity index is 2.10. The largest absolute Gasteiger partial charge is 0.261 e. The Morgan fingerprint density at radius 1 is 1.38 bits per heavy atom. The first-order valence-corrected chi connectivity index (χ1v) is 5.20. The van der Waals surface area contributed by atoms with Gasteiger partial charge in [0.25, 0.3) is 0 Å². The fraction of sp³-hybridized carbons (Fsp3) is 0.583. The number of hydrogen-bond acceptors (Lipinski definition) is 1. The van der Waals surface area contributed by atoms with Crippen LogP contribution in [0.5, 0.6) is 0 Å². The molecule has 1 aliphatic carbocycles. The summed E-state index contributed by atoms with van der Waals surface area (Å²) >= 11 is 0. The minimum Gasteiger partial charge on any atom is -0.261 e. The molecule has 0 amide bonds. The van der Waals surface area contributed by atoms with Crippen molar-refractivity contribution in [1.29, 1.82) is 0 Å². The van der Waals surface area contributed by atoms with Crippen molar-refractivity contribution in [1.82, 2.24) is 4.98 Å². The lowest BCUT2D eigenvalue weighted by Crippen LogP contribution is -2.18. The van der Waals surface area contributed by atoms with Gasteiger partial charge in [0.05, 0.1) is 0 Å². The smallest absolute Gasteiger partial charge is 0.0434 e. The van der Waals surface area contributed by atoms with Crippen LogP contribution in [0, 0.1) is 12.8 Å². The molecule has 1 aromatic heterocycles. The Morgan fingerprint density at radius 3 is 2.62 bits per heavy atom. The van der Waals surface area contributed by atoms with Gasteiger partial charge in [-0.1, -0.05) is 19.4 Å². The maximum atomic E-state index is 4.48. The van der Waals surface area contributed by atoms with Crippen molar-refractivity contribution in [2.24, 2.45) is 5.92 Å². The highest BCUT2D eigenvalue weighted by atomic mass is 14.7. The van der Waals surface area contributed by atoms with E-state index in [0.29, 0.717) is 5.92 Å². The Kier molecular flexibility index (Phi) is 2.34. The van der Waals surface area contributed by atoms with Gasteiger partial charge in [0.1, 0.15) is 0 Å². The SMILES string of the molecule is Cc1ccc(C(C)C2CCC2)nc1. The van der Waals surface area contributed by atoms with Crippen LogP contribution < -0.4 is 0 Å². The molecule has 0 saturated heterocycles. The molecule has 1 aliphatic rings. The summed E-state index contributed by atoms with van der Waals surface area (Å²) < 4.78 is 0. The second-order valence-corrected chi connectivity index (χ2v) is 4.24. The van der Waals surface area contributed by atoms with Gasteiger partial charge in [-0.05, 0) is 37.3 Å². The second kappa shape index (κ2) is 3.49. The van der Waals surface area contributed by atoms with Crippen LogP contribution in [0.4, 0.5) is 0 Å². The van der Waals surface area contributed by atoms with Crippen LogP contribution in [0.1, 0.15) is 43.4 Å². The van der Waals surface area contributed by atoms with Crippen molar-refractivity contribution >= 4 is 0 Å². The molecule has 0 N–H and O–H groups in total. The number of pyridine rings is 1. The highest BCUT2D eigenvalue weighted by molar-refractivity contribution is 5.16. The Morgan fingerprint density at radius 2 is 2.15 bits per heavy atom. The van der Waals surface area contributed by atoms with E-state index in [1.165, 1.54) is 30.5 Å². The number of hydrogen-bond donors (Lipinski definition) is 0. The maximum absolute atomic E-state index is 4.48. The minimum atomic E-state index is 0.661. The van der Waals surface area contributed by atoms with E-state index in [4.69, 9.17) is 0 Å². The first-order chi connectivity index (χ1) is 6.27. The lowest BCUT2D eigenvalue weighted by Gasteiger charge is -2.31. The zero-order valence-corrected chi connectivity index (χ0v) is 8.46. The summed E-state index contributed by atoms with van der Waals surface area (Å²) in [6.45, 7) is 4.40. The van der Waals surface area contributed by atoms with Crippen LogP contribution in [-0.4, -0.2) is 4.98 Å². The lowest BCUT2D eigenvalue weighted by molar-refractivity contribution is 0.269. The molecule has 0 aromatic carbocycles. The molecule has 1 heteroatoms. The van der Waals surface area contributed by atoms with E-state index in [9.17, 15) is 0 Å². The topological polar surface area (TPSA) is 12.9 Å². The highest BCUT2D eigenvalue weighted by Gasteiger charge is 2.25. The van der Waals surface area contributed by atoms with Crippen molar-refractivity contribution in [3.05, 3.63) is 29.6 Å². The zero-order valence-electron chi connectivity index (χ0n) is 8.46. The molecule has 1 unspecified atom stereocenters. The summed E-state index contributed by atoms with van der Waals surface area (Å²) in [4.78, 5) is 4.48. The van der Waals surface area contributed by atoms with Crippen LogP contribution in [0.3, 0.4) is 0 Å². The van der Waals surface area contributed by atoms with Gasteiger partial charge in [-0.25, -0.2) is 0 Å². The Hall–Kier alpha value is -0.850. The summed E-state index contributed by atoms with van der Waals surface area (Å²) in [5.74, 6) is 1.56. The van der Waals surface area contributed by atoms with Gasteiger partial charge in [0, 0.05) is 17.8 Å². The number of aryl methyl sites for hydroxylation is 1. The van der Waals surface area contributed by atoms with Crippen LogP contribution in [-0.2, 0) is 0 Å². The monoisotopic (exact) mass is 175 g/mol. The van der Waals surface area contributed by atoms with Crippen molar-refractivity contribution < 1.29 is 0 Å². The van der Waals surface area contributed by atoms with E-state index in [1.54, 1.807) is 0 Å². The van der Waals surface area contributed by atoms with Gasteiger partial charge in [0.2, 0.25) is 0 Å². The molecule has 1 nitrogen and oxygen atoms in total. The van der Waals surface area contributed by atoms with E-state index in [1.807, 2.05) is 6.20 Å². The molecule has 1 fully saturated rings. The van der Waals surface area contributed by atoms with Crippen LogP contribution in [0.15, 0.2) is 18.3 Å². The standard InChI is InChI=1S/C12H17N/c1-9-6-7-12(13-8-9)10(2)11-4-3-5-11/h6-8,10-11H,3-5H2,1-2H3. The third-order valence-electron chi connectivity index (χ3n) is 3.26. The van der Waals surface area contributed by atoms with Gasteiger partial charge in [-0.2, -0.15) is 0 Å². The highest BCUT2D eigenvalue weighted by Crippen LogP contribution is 2.38. The summed E-state index contributed by atoms with van der Waals surface area (Å²) in [5, 5.41) is 0. The van der Waals surface area contributed by atoms with E-state index in [0.717, 1.165) is 5.92 Å². The molecule has 2 rings (SSSR count). The van der Waals surface area contributed by atoms with E-state index in [2.05, 4.69) is 31.0 Å². The molecule has 0 aliphatic heterocycles. The number of rotatable bonds is 2. The molecule has 0 spiro atoms. The fourth-order valence-corrected chi connectivity index (χ4v) is 1.93. The summed E-state index contributed by atoms with van der Waals surface area (Å²) in [5.41, 5.74) is 2.53. The van der Waals surface area contributed by atoms with Gasteiger partial charge in [-0.3, -0.25) is 4.98 Å². The first kappa shape index (κ1) is 8.74. The minimum absolute atomic E-state index is 0.661. The lowest BCUT2D eigenvalue weighted by atomic mass is 9.75. The van der Waals surface area contributed by atoms with E-state index < -0.39 is 0 Å². The molecule has 70 valence electrons. The molecule has 13 heavy (non-hydrogen) atoms. The van der Waals surface area contributed by atoms with Gasteiger partial charge in [-0.15, -0.1) is 0 Å². The van der Waals surface area contributed by atoms with Crippen molar-refractivity contribution in [3.8, 4) is 0 Å². The average molecular weight is 175 g/mol. The zero-order chi connectivity index (χ0) is 9.26. The van der Waals surface area contributed by atoms with Gasteiger partial charge >= 0.3 is 0 Å². The predicted octanol–water partition coefficient (Wildman–Crippen LogP) is 3.29. The maximum Gasteiger partial charge on any atom is 0.0434 e. The number of aromatic nitrogens is 1. The van der Waals surface area contributed by atoms with Crippen molar-refractivity contribution in [2.75, 3.05) is 0 Å². The van der Waals surface area contributed by atoms with Gasteiger partial charge in [0.15, 0.2) is 0 Å². The number of nitrogens with zero attached hydrogens (tertiary/aromatic N) is 1. The average Bonchev–Trinajstić information content (AvgIpc) is 2.02. The molecular formula is C12H17N. The molecule has 1 heterocycles. The third kappa shape index (κ3) is 1.74. The Bertz CT molecular complexity index is 272. The van der Waals surface area contributed by atoms with Crippen LogP contribution >= 0.6 is 0 Å². The molecule has 1 aromatic rings. The molecular weight excluding hydrogens is 158 g/mol. The molecule has 0 bridgehead atoms. The van der Waals surface area contributed by atoms with E-state index >= 15 is 0 Å². The van der Waals surface area contributed by atoms with Crippen molar-refractivity contribution in [3.63, 3.8) is 0 Å². The summed E-state index contributed by atoms with van der Waals surface area (Å²) in [7, 11) is 0. The summed E-state index contributed by atoms with van der Waals surface area (Å²) in [6.07, 6.45) is 6.19. The first-order valence-electron chi connectivity index (χ1n) is 5.20. The fourth-order valence-electron chi connectivity index (χ4n) is 1.93. The molecule has 1 atom stereocenters. The van der Waals surface area contributed by atoms with Crippen LogP contribution in [0.2, 0.25) is 0 Å². The molecule has 0 radical (unpaired) electrons. The second-order valence-electron chi connectivity index (χ2n) is 4.24. The third-order valence-corrected chi connectivity index (χ3v) is 3.26. The molecule has 1 saturated carbocycles. The van der Waals surface area contributed by atoms with Gasteiger partial charge < -0.3 is 0 Å². The summed E-state index contributed by atoms with van der Waals surface area (Å²) in [6, 6.07) is 4.34. The Labute approximate surface area is 80.2 Å². The quantitative estimate of drug-likeness (QED) is 0.672. The predicted molar refractivity (Wildman–Crippen MR) is 54.7 cm³/mol. The van der Waals surface area contributed by atoms with Crippen LogP contribution in [0.25, 0.3) is 0 Å². The van der Waals surface area contributed by atoms with Crippen molar-refractivity contribution in [2.45, 2.75) is 39.0 Å².